The van der Waals surface area contributed by atoms with Crippen molar-refractivity contribution in [3.8, 4) is 0 Å². The molecule has 0 saturated heterocycles. The second-order valence-corrected chi connectivity index (χ2v) is 6.21. The van der Waals surface area contributed by atoms with E-state index in [-0.39, 0.29) is 6.04 Å². The van der Waals surface area contributed by atoms with Crippen LogP contribution < -0.4 is 10.0 Å². The van der Waals surface area contributed by atoms with E-state index in [4.69, 9.17) is 0 Å². The maximum Gasteiger partial charge on any atom is 0.279 e. The monoisotopic (exact) mass is 285 g/mol. The van der Waals surface area contributed by atoms with Crippen molar-refractivity contribution in [2.24, 2.45) is 0 Å². The van der Waals surface area contributed by atoms with Gasteiger partial charge in [0.05, 0.1) is 0 Å². The minimum Gasteiger partial charge on any atom is -0.316 e. The molecule has 0 aliphatic heterocycles. The molecule has 1 unspecified atom stereocenters. The van der Waals surface area contributed by atoms with Crippen molar-refractivity contribution in [3.63, 3.8) is 0 Å². The number of benzene rings is 1. The van der Waals surface area contributed by atoms with Gasteiger partial charge in [-0.15, -0.1) is 0 Å². The molecule has 0 amide bonds. The Morgan fingerprint density at radius 1 is 1.26 bits per heavy atom. The zero-order valence-corrected chi connectivity index (χ0v) is 12.6. The third kappa shape index (κ3) is 5.28. The van der Waals surface area contributed by atoms with E-state index in [1.54, 1.807) is 7.05 Å². The average Bonchev–Trinajstić information content (AvgIpc) is 2.43. The SMILES string of the molecule is CCN(Cc1ccccc1)S(=O)(=O)NCC(C)NC. The molecule has 0 aliphatic carbocycles. The van der Waals surface area contributed by atoms with Gasteiger partial charge in [-0.1, -0.05) is 37.3 Å². The van der Waals surface area contributed by atoms with Crippen LogP contribution in [0.25, 0.3) is 0 Å². The van der Waals surface area contributed by atoms with Crippen molar-refractivity contribution in [2.75, 3.05) is 20.1 Å². The Hall–Kier alpha value is -0.950. The molecule has 1 atom stereocenters. The van der Waals surface area contributed by atoms with Crippen LogP contribution in [-0.2, 0) is 16.8 Å². The normalized spacial score (nSPS) is 13.7. The summed E-state index contributed by atoms with van der Waals surface area (Å²) in [6.45, 7) is 4.97. The molecule has 1 rings (SSSR count). The first kappa shape index (κ1) is 16.1. The molecule has 1 aromatic carbocycles. The first-order valence-corrected chi connectivity index (χ1v) is 7.89. The summed E-state index contributed by atoms with van der Waals surface area (Å²) in [5.74, 6) is 0. The molecule has 0 fully saturated rings. The van der Waals surface area contributed by atoms with Gasteiger partial charge in [-0.25, -0.2) is 4.72 Å². The fourth-order valence-corrected chi connectivity index (χ4v) is 2.88. The van der Waals surface area contributed by atoms with E-state index in [9.17, 15) is 8.42 Å². The molecule has 5 nitrogen and oxygen atoms in total. The molecule has 0 bridgehead atoms. The van der Waals surface area contributed by atoms with Gasteiger partial charge in [-0.3, -0.25) is 0 Å². The summed E-state index contributed by atoms with van der Waals surface area (Å²) >= 11 is 0. The predicted octanol–water partition coefficient (Wildman–Crippen LogP) is 0.951. The standard InChI is InChI=1S/C13H23N3O2S/c1-4-16(11-13-8-6-5-7-9-13)19(17,18)15-10-12(2)14-3/h5-9,12,14-15H,4,10-11H2,1-3H3. The first-order chi connectivity index (χ1) is 8.99. The highest BCUT2D eigenvalue weighted by Gasteiger charge is 2.20. The van der Waals surface area contributed by atoms with Crippen molar-refractivity contribution >= 4 is 10.2 Å². The van der Waals surface area contributed by atoms with Gasteiger partial charge < -0.3 is 5.32 Å². The summed E-state index contributed by atoms with van der Waals surface area (Å²) in [4.78, 5) is 0. The van der Waals surface area contributed by atoms with Gasteiger partial charge in [0.1, 0.15) is 0 Å². The zero-order valence-electron chi connectivity index (χ0n) is 11.8. The fraction of sp³-hybridized carbons (Fsp3) is 0.538. The van der Waals surface area contributed by atoms with Gasteiger partial charge >= 0.3 is 0 Å². The second kappa shape index (κ2) is 7.59. The van der Waals surface area contributed by atoms with Crippen LogP contribution in [0.1, 0.15) is 19.4 Å². The van der Waals surface area contributed by atoms with E-state index in [2.05, 4.69) is 10.0 Å². The van der Waals surface area contributed by atoms with Gasteiger partial charge in [-0.05, 0) is 19.5 Å². The Morgan fingerprint density at radius 2 is 1.89 bits per heavy atom. The largest absolute Gasteiger partial charge is 0.316 e. The number of nitrogens with one attached hydrogen (secondary N) is 2. The van der Waals surface area contributed by atoms with E-state index in [1.165, 1.54) is 4.31 Å². The molecule has 0 heterocycles. The quantitative estimate of drug-likeness (QED) is 0.747. The summed E-state index contributed by atoms with van der Waals surface area (Å²) in [6.07, 6.45) is 0. The third-order valence-corrected chi connectivity index (χ3v) is 4.56. The van der Waals surface area contributed by atoms with Crippen molar-refractivity contribution < 1.29 is 8.42 Å². The van der Waals surface area contributed by atoms with Crippen LogP contribution in [-0.4, -0.2) is 38.9 Å². The lowest BCUT2D eigenvalue weighted by atomic mass is 10.2. The molecule has 0 aliphatic rings. The number of hydrogen-bond acceptors (Lipinski definition) is 3. The lowest BCUT2D eigenvalue weighted by molar-refractivity contribution is 0.411. The molecule has 0 spiro atoms. The lowest BCUT2D eigenvalue weighted by Gasteiger charge is -2.22. The van der Waals surface area contributed by atoms with Gasteiger partial charge in [0, 0.05) is 25.7 Å². The molecular formula is C13H23N3O2S. The molecule has 0 aromatic heterocycles. The van der Waals surface area contributed by atoms with Crippen molar-refractivity contribution in [3.05, 3.63) is 35.9 Å². The summed E-state index contributed by atoms with van der Waals surface area (Å²) in [5.41, 5.74) is 0.983. The van der Waals surface area contributed by atoms with Crippen molar-refractivity contribution in [2.45, 2.75) is 26.4 Å². The van der Waals surface area contributed by atoms with Crippen LogP contribution in [0.5, 0.6) is 0 Å². The van der Waals surface area contributed by atoms with E-state index < -0.39 is 10.2 Å². The maximum absolute atomic E-state index is 12.2. The molecule has 1 aromatic rings. The van der Waals surface area contributed by atoms with Crippen LogP contribution in [0.2, 0.25) is 0 Å². The smallest absolute Gasteiger partial charge is 0.279 e. The second-order valence-electron chi connectivity index (χ2n) is 4.45. The number of rotatable bonds is 8. The van der Waals surface area contributed by atoms with E-state index >= 15 is 0 Å². The van der Waals surface area contributed by atoms with Crippen LogP contribution in [0.15, 0.2) is 30.3 Å². The minimum absolute atomic E-state index is 0.102. The van der Waals surface area contributed by atoms with E-state index in [0.717, 1.165) is 5.56 Å². The van der Waals surface area contributed by atoms with E-state index in [1.807, 2.05) is 44.2 Å². The molecular weight excluding hydrogens is 262 g/mol. The van der Waals surface area contributed by atoms with Crippen molar-refractivity contribution in [1.82, 2.24) is 14.3 Å². The minimum atomic E-state index is -3.43. The highest BCUT2D eigenvalue weighted by molar-refractivity contribution is 7.87. The zero-order chi connectivity index (χ0) is 14.3. The Morgan fingerprint density at radius 3 is 2.42 bits per heavy atom. The molecule has 2 N–H and O–H groups in total. The third-order valence-electron chi connectivity index (χ3n) is 2.96. The first-order valence-electron chi connectivity index (χ1n) is 6.45. The lowest BCUT2D eigenvalue weighted by Crippen LogP contribution is -2.44. The molecule has 6 heteroatoms. The van der Waals surface area contributed by atoms with Gasteiger partial charge in [0.25, 0.3) is 10.2 Å². The fourth-order valence-electron chi connectivity index (χ4n) is 1.58. The van der Waals surface area contributed by atoms with Gasteiger partial charge in [0.2, 0.25) is 0 Å². The number of hydrogen-bond donors (Lipinski definition) is 2. The van der Waals surface area contributed by atoms with Crippen LogP contribution in [0.3, 0.4) is 0 Å². The van der Waals surface area contributed by atoms with Gasteiger partial charge in [0.15, 0.2) is 0 Å². The van der Waals surface area contributed by atoms with Crippen molar-refractivity contribution in [1.29, 1.82) is 0 Å². The molecule has 19 heavy (non-hydrogen) atoms. The maximum atomic E-state index is 12.2. The van der Waals surface area contributed by atoms with Crippen LogP contribution in [0.4, 0.5) is 0 Å². The Labute approximate surface area is 116 Å². The molecule has 0 radical (unpaired) electrons. The Balaban J connectivity index is 2.67. The van der Waals surface area contributed by atoms with Crippen LogP contribution in [0, 0.1) is 0 Å². The highest BCUT2D eigenvalue weighted by atomic mass is 32.2. The predicted molar refractivity (Wildman–Crippen MR) is 78.0 cm³/mol. The summed E-state index contributed by atoms with van der Waals surface area (Å²) in [5, 5.41) is 3.00. The molecule has 108 valence electrons. The van der Waals surface area contributed by atoms with Gasteiger partial charge in [-0.2, -0.15) is 12.7 Å². The molecule has 0 saturated carbocycles. The van der Waals surface area contributed by atoms with E-state index in [0.29, 0.717) is 19.6 Å². The topological polar surface area (TPSA) is 61.4 Å². The summed E-state index contributed by atoms with van der Waals surface area (Å²) in [6, 6.07) is 9.69. The summed E-state index contributed by atoms with van der Waals surface area (Å²) in [7, 11) is -1.63. The Bertz CT molecular complexity index is 462. The van der Waals surface area contributed by atoms with Crippen LogP contribution >= 0.6 is 0 Å². The summed E-state index contributed by atoms with van der Waals surface area (Å²) < 4.78 is 28.4. The number of likely N-dealkylation sites (N-methyl/N-ethyl adjacent to an activating group) is 1. The highest BCUT2D eigenvalue weighted by Crippen LogP contribution is 2.07. The Kier molecular flexibility index (Phi) is 6.44. The average molecular weight is 285 g/mol. The number of nitrogens with zero attached hydrogens (tertiary/aromatic N) is 1.